The zero-order chi connectivity index (χ0) is 8.97. The molecule has 1 rings (SSSR count). The Hall–Kier alpha value is -1.51. The summed E-state index contributed by atoms with van der Waals surface area (Å²) in [7, 11) is 0. The topological polar surface area (TPSA) is 50.9 Å². The lowest BCUT2D eigenvalue weighted by Crippen LogP contribution is -2.03. The number of hydrogen-bond acceptors (Lipinski definition) is 3. The number of aromatic nitrogens is 1. The van der Waals surface area contributed by atoms with Crippen LogP contribution in [0.4, 0.5) is 11.5 Å². The molecular weight excluding hydrogens is 150 g/mol. The molecule has 0 unspecified atom stereocenters. The lowest BCUT2D eigenvalue weighted by atomic mass is 10.3. The maximum Gasteiger partial charge on any atom is 0.128 e. The molecule has 1 heterocycles. The molecule has 0 saturated heterocycles. The first-order valence-corrected chi connectivity index (χ1v) is 3.78. The first-order chi connectivity index (χ1) is 5.68. The number of nitrogen functional groups attached to an aromatic ring is 1. The van der Waals surface area contributed by atoms with Crippen molar-refractivity contribution in [2.45, 2.75) is 6.92 Å². The van der Waals surface area contributed by atoms with Crippen LogP contribution in [-0.4, -0.2) is 11.5 Å². The second-order valence-corrected chi connectivity index (χ2v) is 2.79. The van der Waals surface area contributed by atoms with Gasteiger partial charge in [-0.2, -0.15) is 0 Å². The zero-order valence-corrected chi connectivity index (χ0v) is 7.17. The molecule has 1 aromatic heterocycles. The van der Waals surface area contributed by atoms with Crippen molar-refractivity contribution in [2.24, 2.45) is 0 Å². The van der Waals surface area contributed by atoms with E-state index in [0.29, 0.717) is 5.69 Å². The highest BCUT2D eigenvalue weighted by Crippen LogP contribution is 2.07. The molecule has 0 fully saturated rings. The molecule has 1 aromatic rings. The van der Waals surface area contributed by atoms with E-state index >= 15 is 0 Å². The summed E-state index contributed by atoms with van der Waals surface area (Å²) in [6.07, 6.45) is 1.68. The molecule has 0 aliphatic carbocycles. The summed E-state index contributed by atoms with van der Waals surface area (Å²) in [6.45, 7) is 6.46. The molecule has 3 N–H and O–H groups in total. The molecule has 0 aliphatic heterocycles. The van der Waals surface area contributed by atoms with Crippen molar-refractivity contribution in [1.29, 1.82) is 0 Å². The van der Waals surface area contributed by atoms with Gasteiger partial charge in [-0.25, -0.2) is 4.98 Å². The Balaban J connectivity index is 2.57. The van der Waals surface area contributed by atoms with E-state index in [2.05, 4.69) is 16.9 Å². The van der Waals surface area contributed by atoms with Gasteiger partial charge in [0.1, 0.15) is 5.82 Å². The molecule has 3 heteroatoms. The second kappa shape index (κ2) is 3.76. The molecule has 0 amide bonds. The molecule has 0 aliphatic rings. The summed E-state index contributed by atoms with van der Waals surface area (Å²) >= 11 is 0. The van der Waals surface area contributed by atoms with Crippen molar-refractivity contribution < 1.29 is 0 Å². The SMILES string of the molecule is C=C(C)CNc1cc(N)ccn1. The van der Waals surface area contributed by atoms with E-state index in [0.717, 1.165) is 17.9 Å². The van der Waals surface area contributed by atoms with Crippen LogP contribution in [0.15, 0.2) is 30.5 Å². The predicted molar refractivity (Wildman–Crippen MR) is 52.0 cm³/mol. The third-order valence-electron chi connectivity index (χ3n) is 1.36. The minimum Gasteiger partial charge on any atom is -0.399 e. The molecule has 64 valence electrons. The molecular formula is C9H13N3. The molecule has 0 bridgehead atoms. The molecule has 12 heavy (non-hydrogen) atoms. The van der Waals surface area contributed by atoms with Gasteiger partial charge < -0.3 is 11.1 Å². The van der Waals surface area contributed by atoms with Gasteiger partial charge in [0.2, 0.25) is 0 Å². The fourth-order valence-corrected chi connectivity index (χ4v) is 0.785. The fraction of sp³-hybridized carbons (Fsp3) is 0.222. The van der Waals surface area contributed by atoms with Gasteiger partial charge in [0.25, 0.3) is 0 Å². The van der Waals surface area contributed by atoms with Crippen LogP contribution < -0.4 is 11.1 Å². The van der Waals surface area contributed by atoms with Gasteiger partial charge in [0, 0.05) is 24.5 Å². The molecule has 0 atom stereocenters. The van der Waals surface area contributed by atoms with E-state index in [4.69, 9.17) is 5.73 Å². The zero-order valence-electron chi connectivity index (χ0n) is 7.17. The summed E-state index contributed by atoms with van der Waals surface area (Å²) in [6, 6.07) is 3.55. The van der Waals surface area contributed by atoms with Gasteiger partial charge in [-0.15, -0.1) is 0 Å². The summed E-state index contributed by atoms with van der Waals surface area (Å²) < 4.78 is 0. The van der Waals surface area contributed by atoms with Crippen molar-refractivity contribution in [2.75, 3.05) is 17.6 Å². The van der Waals surface area contributed by atoms with E-state index in [-0.39, 0.29) is 0 Å². The number of nitrogens with one attached hydrogen (secondary N) is 1. The Morgan fingerprint density at radius 1 is 1.75 bits per heavy atom. The van der Waals surface area contributed by atoms with E-state index < -0.39 is 0 Å². The molecule has 0 radical (unpaired) electrons. The number of hydrogen-bond donors (Lipinski definition) is 2. The van der Waals surface area contributed by atoms with Crippen LogP contribution in [0.1, 0.15) is 6.92 Å². The Labute approximate surface area is 72.3 Å². The fourth-order valence-electron chi connectivity index (χ4n) is 0.785. The molecule has 0 spiro atoms. The number of pyridine rings is 1. The van der Waals surface area contributed by atoms with Crippen molar-refractivity contribution in [3.63, 3.8) is 0 Å². The average molecular weight is 163 g/mol. The highest BCUT2D eigenvalue weighted by molar-refractivity contribution is 5.48. The Bertz CT molecular complexity index is 281. The number of nitrogens with two attached hydrogens (primary N) is 1. The summed E-state index contributed by atoms with van der Waals surface area (Å²) in [4.78, 5) is 4.08. The van der Waals surface area contributed by atoms with Crippen LogP contribution in [-0.2, 0) is 0 Å². The maximum absolute atomic E-state index is 5.56. The number of anilines is 2. The van der Waals surface area contributed by atoms with Crippen molar-refractivity contribution >= 4 is 11.5 Å². The first kappa shape index (κ1) is 8.59. The van der Waals surface area contributed by atoms with Crippen LogP contribution >= 0.6 is 0 Å². The van der Waals surface area contributed by atoms with Crippen molar-refractivity contribution in [3.05, 3.63) is 30.5 Å². The third kappa shape index (κ3) is 2.62. The van der Waals surface area contributed by atoms with Crippen LogP contribution in [0.3, 0.4) is 0 Å². The minimum absolute atomic E-state index is 0.717. The largest absolute Gasteiger partial charge is 0.399 e. The van der Waals surface area contributed by atoms with Gasteiger partial charge in [-0.3, -0.25) is 0 Å². The number of rotatable bonds is 3. The summed E-state index contributed by atoms with van der Waals surface area (Å²) in [5, 5.41) is 3.09. The van der Waals surface area contributed by atoms with Crippen molar-refractivity contribution in [1.82, 2.24) is 4.98 Å². The number of nitrogens with zero attached hydrogens (tertiary/aromatic N) is 1. The summed E-state index contributed by atoms with van der Waals surface area (Å²) in [5.74, 6) is 0.790. The van der Waals surface area contributed by atoms with Gasteiger partial charge in [-0.05, 0) is 13.0 Å². The molecule has 0 aromatic carbocycles. The van der Waals surface area contributed by atoms with E-state index in [1.54, 1.807) is 18.3 Å². The highest BCUT2D eigenvalue weighted by Gasteiger charge is 1.92. The smallest absolute Gasteiger partial charge is 0.128 e. The highest BCUT2D eigenvalue weighted by atomic mass is 15.0. The Morgan fingerprint density at radius 3 is 3.08 bits per heavy atom. The van der Waals surface area contributed by atoms with Crippen LogP contribution in [0.5, 0.6) is 0 Å². The Morgan fingerprint density at radius 2 is 2.50 bits per heavy atom. The summed E-state index contributed by atoms with van der Waals surface area (Å²) in [5.41, 5.74) is 7.35. The quantitative estimate of drug-likeness (QED) is 0.666. The van der Waals surface area contributed by atoms with Gasteiger partial charge in [-0.1, -0.05) is 12.2 Å². The lowest BCUT2D eigenvalue weighted by Gasteiger charge is -2.04. The average Bonchev–Trinajstić information content (AvgIpc) is 2.01. The third-order valence-corrected chi connectivity index (χ3v) is 1.36. The van der Waals surface area contributed by atoms with E-state index in [9.17, 15) is 0 Å². The standard InChI is InChI=1S/C9H13N3/c1-7(2)6-12-9-5-8(10)3-4-11-9/h3-5H,1,6H2,2H3,(H3,10,11,12). The van der Waals surface area contributed by atoms with Gasteiger partial charge in [0.15, 0.2) is 0 Å². The van der Waals surface area contributed by atoms with Crippen LogP contribution in [0.25, 0.3) is 0 Å². The molecule has 0 saturated carbocycles. The maximum atomic E-state index is 5.56. The second-order valence-electron chi connectivity index (χ2n) is 2.79. The van der Waals surface area contributed by atoms with E-state index in [1.165, 1.54) is 0 Å². The van der Waals surface area contributed by atoms with Gasteiger partial charge in [0.05, 0.1) is 0 Å². The van der Waals surface area contributed by atoms with E-state index in [1.807, 2.05) is 6.92 Å². The minimum atomic E-state index is 0.717. The van der Waals surface area contributed by atoms with Gasteiger partial charge >= 0.3 is 0 Å². The predicted octanol–water partition coefficient (Wildman–Crippen LogP) is 1.65. The van der Waals surface area contributed by atoms with Crippen LogP contribution in [0.2, 0.25) is 0 Å². The molecule has 3 nitrogen and oxygen atoms in total. The van der Waals surface area contributed by atoms with Crippen LogP contribution in [0, 0.1) is 0 Å². The normalized spacial score (nSPS) is 9.42. The Kier molecular flexibility index (Phi) is 2.69. The monoisotopic (exact) mass is 163 g/mol. The van der Waals surface area contributed by atoms with Crippen molar-refractivity contribution in [3.8, 4) is 0 Å². The lowest BCUT2D eigenvalue weighted by molar-refractivity contribution is 1.17. The first-order valence-electron chi connectivity index (χ1n) is 3.78.